The number of nitrogens with zero attached hydrogens (tertiary/aromatic N) is 3. The molecule has 1 fully saturated rings. The highest BCUT2D eigenvalue weighted by molar-refractivity contribution is 5.19. The van der Waals surface area contributed by atoms with E-state index in [1.165, 1.54) is 12.8 Å². The number of nitrogen functional groups attached to an aromatic ring is 1. The van der Waals surface area contributed by atoms with Crippen LogP contribution in [0.2, 0.25) is 0 Å². The lowest BCUT2D eigenvalue weighted by Gasteiger charge is -2.26. The molecular formula is C9H17N5. The minimum Gasteiger partial charge on any atom is -0.381 e. The van der Waals surface area contributed by atoms with Crippen molar-refractivity contribution in [3.63, 3.8) is 0 Å². The summed E-state index contributed by atoms with van der Waals surface area (Å²) in [5, 5.41) is 8.28. The third-order valence-corrected chi connectivity index (χ3v) is 3.00. The van der Waals surface area contributed by atoms with Crippen LogP contribution in [0.15, 0.2) is 6.20 Å². The molecule has 0 amide bonds. The second kappa shape index (κ2) is 3.96. The SMILES string of the molecule is NCC1CCC(n2ncc(N)n2)CC1. The van der Waals surface area contributed by atoms with Gasteiger partial charge in [-0.2, -0.15) is 9.90 Å². The standard InChI is InChI=1S/C9H17N5/c10-5-7-1-3-8(4-2-7)14-12-6-9(11)13-14/h6-8H,1-5,10H2,(H2,11,13). The molecule has 1 saturated carbocycles. The number of nitrogens with two attached hydrogens (primary N) is 2. The molecule has 1 aliphatic carbocycles. The number of hydrogen-bond acceptors (Lipinski definition) is 4. The molecule has 78 valence electrons. The van der Waals surface area contributed by atoms with Crippen LogP contribution in [0.3, 0.4) is 0 Å². The molecule has 0 spiro atoms. The van der Waals surface area contributed by atoms with Crippen molar-refractivity contribution >= 4 is 5.82 Å². The molecule has 1 aromatic rings. The normalized spacial score (nSPS) is 27.8. The average molecular weight is 195 g/mol. The van der Waals surface area contributed by atoms with Crippen molar-refractivity contribution in [1.82, 2.24) is 15.0 Å². The van der Waals surface area contributed by atoms with Crippen molar-refractivity contribution < 1.29 is 0 Å². The second-order valence-electron chi connectivity index (χ2n) is 4.00. The van der Waals surface area contributed by atoms with E-state index in [1.807, 2.05) is 0 Å². The summed E-state index contributed by atoms with van der Waals surface area (Å²) in [5.41, 5.74) is 11.2. The van der Waals surface area contributed by atoms with Crippen molar-refractivity contribution in [2.75, 3.05) is 12.3 Å². The summed E-state index contributed by atoms with van der Waals surface area (Å²) in [6, 6.07) is 0.426. The zero-order valence-corrected chi connectivity index (χ0v) is 8.26. The number of rotatable bonds is 2. The largest absolute Gasteiger partial charge is 0.381 e. The lowest BCUT2D eigenvalue weighted by molar-refractivity contribution is 0.248. The molecule has 1 aliphatic rings. The van der Waals surface area contributed by atoms with Crippen LogP contribution < -0.4 is 11.5 Å². The molecule has 5 nitrogen and oxygen atoms in total. The highest BCUT2D eigenvalue weighted by Gasteiger charge is 2.22. The first-order valence-electron chi connectivity index (χ1n) is 5.17. The van der Waals surface area contributed by atoms with Crippen LogP contribution in [0.4, 0.5) is 5.82 Å². The van der Waals surface area contributed by atoms with Gasteiger partial charge in [0, 0.05) is 0 Å². The monoisotopic (exact) mass is 195 g/mol. The second-order valence-corrected chi connectivity index (χ2v) is 4.00. The summed E-state index contributed by atoms with van der Waals surface area (Å²) >= 11 is 0. The molecule has 0 bridgehead atoms. The fourth-order valence-corrected chi connectivity index (χ4v) is 2.08. The Morgan fingerprint density at radius 2 is 2.07 bits per heavy atom. The van der Waals surface area contributed by atoms with Crippen molar-refractivity contribution in [2.45, 2.75) is 31.7 Å². The molecule has 0 atom stereocenters. The molecular weight excluding hydrogens is 178 g/mol. The summed E-state index contributed by atoms with van der Waals surface area (Å²) in [7, 11) is 0. The maximum Gasteiger partial charge on any atom is 0.165 e. The molecule has 14 heavy (non-hydrogen) atoms. The molecule has 0 aromatic carbocycles. The van der Waals surface area contributed by atoms with E-state index >= 15 is 0 Å². The molecule has 1 aromatic heterocycles. The van der Waals surface area contributed by atoms with Gasteiger partial charge in [0.2, 0.25) is 0 Å². The number of hydrogen-bond donors (Lipinski definition) is 2. The topological polar surface area (TPSA) is 82.8 Å². The van der Waals surface area contributed by atoms with Crippen molar-refractivity contribution in [3.8, 4) is 0 Å². The summed E-state index contributed by atoms with van der Waals surface area (Å²) in [5.74, 6) is 1.20. The Labute approximate surface area is 83.5 Å². The van der Waals surface area contributed by atoms with E-state index in [2.05, 4.69) is 10.2 Å². The molecule has 5 heteroatoms. The van der Waals surface area contributed by atoms with Gasteiger partial charge in [0.15, 0.2) is 5.82 Å². The molecule has 0 radical (unpaired) electrons. The lowest BCUT2D eigenvalue weighted by atomic mass is 9.86. The van der Waals surface area contributed by atoms with E-state index < -0.39 is 0 Å². The first-order valence-corrected chi connectivity index (χ1v) is 5.17. The van der Waals surface area contributed by atoms with Gasteiger partial charge in [0.25, 0.3) is 0 Å². The van der Waals surface area contributed by atoms with Gasteiger partial charge in [-0.3, -0.25) is 0 Å². The molecule has 2 rings (SSSR count). The maximum absolute atomic E-state index is 5.63. The van der Waals surface area contributed by atoms with E-state index in [1.54, 1.807) is 11.0 Å². The van der Waals surface area contributed by atoms with Gasteiger partial charge in [0.05, 0.1) is 12.2 Å². The van der Waals surface area contributed by atoms with Crippen LogP contribution >= 0.6 is 0 Å². The fourth-order valence-electron chi connectivity index (χ4n) is 2.08. The third kappa shape index (κ3) is 1.87. The average Bonchev–Trinajstić information content (AvgIpc) is 2.65. The van der Waals surface area contributed by atoms with Crippen LogP contribution in [0.5, 0.6) is 0 Å². The first kappa shape index (κ1) is 9.45. The smallest absolute Gasteiger partial charge is 0.165 e. The van der Waals surface area contributed by atoms with Gasteiger partial charge in [-0.05, 0) is 38.1 Å². The molecule has 0 saturated heterocycles. The Hall–Kier alpha value is -1.10. The van der Waals surface area contributed by atoms with Crippen LogP contribution in [0.25, 0.3) is 0 Å². The number of aromatic nitrogens is 3. The predicted molar refractivity (Wildman–Crippen MR) is 54.5 cm³/mol. The first-order chi connectivity index (χ1) is 6.79. The summed E-state index contributed by atoms with van der Waals surface area (Å²) < 4.78 is 0. The Kier molecular flexibility index (Phi) is 2.67. The minimum absolute atomic E-state index is 0.426. The van der Waals surface area contributed by atoms with Crippen LogP contribution in [-0.4, -0.2) is 21.5 Å². The Morgan fingerprint density at radius 1 is 1.36 bits per heavy atom. The lowest BCUT2D eigenvalue weighted by Crippen LogP contribution is -2.24. The maximum atomic E-state index is 5.63. The minimum atomic E-state index is 0.426. The highest BCUT2D eigenvalue weighted by Crippen LogP contribution is 2.30. The van der Waals surface area contributed by atoms with Crippen molar-refractivity contribution in [1.29, 1.82) is 0 Å². The zero-order chi connectivity index (χ0) is 9.97. The Morgan fingerprint density at radius 3 is 2.57 bits per heavy atom. The third-order valence-electron chi connectivity index (χ3n) is 3.00. The van der Waals surface area contributed by atoms with E-state index in [0.717, 1.165) is 19.4 Å². The van der Waals surface area contributed by atoms with E-state index in [-0.39, 0.29) is 0 Å². The predicted octanol–water partition coefficient (Wildman–Crippen LogP) is 0.550. The quantitative estimate of drug-likeness (QED) is 0.722. The van der Waals surface area contributed by atoms with Gasteiger partial charge in [0.1, 0.15) is 0 Å². The summed E-state index contributed by atoms with van der Waals surface area (Å²) in [6.45, 7) is 0.807. The molecule has 4 N–H and O–H groups in total. The van der Waals surface area contributed by atoms with E-state index in [9.17, 15) is 0 Å². The van der Waals surface area contributed by atoms with Gasteiger partial charge >= 0.3 is 0 Å². The van der Waals surface area contributed by atoms with Gasteiger partial charge in [-0.25, -0.2) is 0 Å². The van der Waals surface area contributed by atoms with E-state index in [4.69, 9.17) is 11.5 Å². The van der Waals surface area contributed by atoms with Crippen molar-refractivity contribution in [2.24, 2.45) is 11.7 Å². The number of anilines is 1. The fraction of sp³-hybridized carbons (Fsp3) is 0.778. The molecule has 1 heterocycles. The Bertz CT molecular complexity index is 287. The highest BCUT2D eigenvalue weighted by atomic mass is 15.5. The van der Waals surface area contributed by atoms with Crippen LogP contribution in [0, 0.1) is 5.92 Å². The van der Waals surface area contributed by atoms with Gasteiger partial charge in [-0.15, -0.1) is 5.10 Å². The van der Waals surface area contributed by atoms with Crippen LogP contribution in [0.1, 0.15) is 31.7 Å². The Balaban J connectivity index is 1.95. The van der Waals surface area contributed by atoms with Crippen LogP contribution in [-0.2, 0) is 0 Å². The zero-order valence-electron chi connectivity index (χ0n) is 8.26. The van der Waals surface area contributed by atoms with E-state index in [0.29, 0.717) is 17.8 Å². The van der Waals surface area contributed by atoms with Gasteiger partial charge < -0.3 is 11.5 Å². The molecule has 0 unspecified atom stereocenters. The van der Waals surface area contributed by atoms with Gasteiger partial charge in [-0.1, -0.05) is 0 Å². The summed E-state index contributed by atoms with van der Waals surface area (Å²) in [4.78, 5) is 1.75. The summed E-state index contributed by atoms with van der Waals surface area (Å²) in [6.07, 6.45) is 6.21. The molecule has 0 aliphatic heterocycles. The van der Waals surface area contributed by atoms with Crippen molar-refractivity contribution in [3.05, 3.63) is 6.20 Å².